The summed E-state index contributed by atoms with van der Waals surface area (Å²) >= 11 is 0. The van der Waals surface area contributed by atoms with E-state index in [0.29, 0.717) is 24.5 Å². The molecule has 2 N–H and O–H groups in total. The van der Waals surface area contributed by atoms with Crippen molar-refractivity contribution in [3.05, 3.63) is 0 Å². The normalized spacial score (nSPS) is 11.2. The van der Waals surface area contributed by atoms with Crippen LogP contribution >= 0.6 is 0 Å². The summed E-state index contributed by atoms with van der Waals surface area (Å²) in [6.07, 6.45) is 1.01. The highest BCUT2D eigenvalue weighted by Gasteiger charge is 2.12. The van der Waals surface area contributed by atoms with Crippen molar-refractivity contribution in [1.29, 1.82) is 0 Å². The van der Waals surface area contributed by atoms with Gasteiger partial charge in [-0.3, -0.25) is 0 Å². The first-order valence-electron chi connectivity index (χ1n) is 6.81. The summed E-state index contributed by atoms with van der Waals surface area (Å²) in [5, 5.41) is 6.37. The predicted octanol–water partition coefficient (Wildman–Crippen LogP) is 2.55. The van der Waals surface area contributed by atoms with Crippen LogP contribution in [0.4, 0.5) is 11.9 Å². The SMILES string of the molecule is CCCNc1nc(NCC(C)(C)C)nc(OCC)n1. The molecule has 0 saturated carbocycles. The minimum Gasteiger partial charge on any atom is -0.464 e. The molecule has 1 heterocycles. The Bertz CT molecular complexity index is 389. The van der Waals surface area contributed by atoms with Gasteiger partial charge in [0.15, 0.2) is 0 Å². The van der Waals surface area contributed by atoms with Gasteiger partial charge in [-0.15, -0.1) is 0 Å². The molecule has 0 radical (unpaired) electrons. The van der Waals surface area contributed by atoms with Gasteiger partial charge in [-0.1, -0.05) is 27.7 Å². The van der Waals surface area contributed by atoms with E-state index in [1.807, 2.05) is 6.92 Å². The number of ether oxygens (including phenoxy) is 1. The second-order valence-electron chi connectivity index (χ2n) is 5.54. The quantitative estimate of drug-likeness (QED) is 0.791. The second-order valence-corrected chi connectivity index (χ2v) is 5.54. The number of aromatic nitrogens is 3. The summed E-state index contributed by atoms with van der Waals surface area (Å²) in [6, 6.07) is 0.354. The molecule has 0 unspecified atom stereocenters. The van der Waals surface area contributed by atoms with Gasteiger partial charge in [-0.25, -0.2) is 0 Å². The topological polar surface area (TPSA) is 72.0 Å². The minimum absolute atomic E-state index is 0.162. The summed E-state index contributed by atoms with van der Waals surface area (Å²) in [5.74, 6) is 1.10. The molecule has 0 aliphatic carbocycles. The first-order valence-corrected chi connectivity index (χ1v) is 6.81. The average Bonchev–Trinajstić information content (AvgIpc) is 2.33. The summed E-state index contributed by atoms with van der Waals surface area (Å²) in [7, 11) is 0. The highest BCUT2D eigenvalue weighted by molar-refractivity contribution is 5.35. The Kier molecular flexibility index (Phi) is 5.79. The second kappa shape index (κ2) is 7.11. The molecule has 0 amide bonds. The van der Waals surface area contributed by atoms with Crippen LogP contribution in [0.25, 0.3) is 0 Å². The van der Waals surface area contributed by atoms with E-state index in [0.717, 1.165) is 19.5 Å². The summed E-state index contributed by atoms with van der Waals surface area (Å²) in [4.78, 5) is 12.8. The maximum absolute atomic E-state index is 5.36. The van der Waals surface area contributed by atoms with Crippen molar-refractivity contribution >= 4 is 11.9 Å². The lowest BCUT2D eigenvalue weighted by Gasteiger charge is -2.19. The van der Waals surface area contributed by atoms with Crippen LogP contribution in [-0.4, -0.2) is 34.6 Å². The monoisotopic (exact) mass is 267 g/mol. The Labute approximate surface area is 115 Å². The lowest BCUT2D eigenvalue weighted by atomic mass is 9.97. The van der Waals surface area contributed by atoms with E-state index in [9.17, 15) is 0 Å². The number of nitrogens with one attached hydrogen (secondary N) is 2. The van der Waals surface area contributed by atoms with E-state index < -0.39 is 0 Å². The molecule has 108 valence electrons. The zero-order chi connectivity index (χ0) is 14.3. The fourth-order valence-corrected chi connectivity index (χ4v) is 1.29. The van der Waals surface area contributed by atoms with Crippen molar-refractivity contribution in [1.82, 2.24) is 15.0 Å². The Morgan fingerprint density at radius 3 is 2.16 bits per heavy atom. The third-order valence-corrected chi connectivity index (χ3v) is 2.20. The molecule has 6 nitrogen and oxygen atoms in total. The van der Waals surface area contributed by atoms with Crippen LogP contribution in [0.5, 0.6) is 6.01 Å². The van der Waals surface area contributed by atoms with Crippen molar-refractivity contribution in [2.75, 3.05) is 30.3 Å². The minimum atomic E-state index is 0.162. The fourth-order valence-electron chi connectivity index (χ4n) is 1.29. The third kappa shape index (κ3) is 6.22. The highest BCUT2D eigenvalue weighted by Crippen LogP contribution is 2.16. The van der Waals surface area contributed by atoms with Crippen molar-refractivity contribution in [3.63, 3.8) is 0 Å². The van der Waals surface area contributed by atoms with Gasteiger partial charge in [0.05, 0.1) is 6.61 Å². The zero-order valence-corrected chi connectivity index (χ0v) is 12.6. The molecular weight excluding hydrogens is 242 g/mol. The first kappa shape index (κ1) is 15.5. The molecule has 0 saturated heterocycles. The summed E-state index contributed by atoms with van der Waals surface area (Å²) < 4.78 is 5.36. The molecule has 0 aliphatic heterocycles. The van der Waals surface area contributed by atoms with Gasteiger partial charge in [-0.05, 0) is 18.8 Å². The van der Waals surface area contributed by atoms with E-state index >= 15 is 0 Å². The Morgan fingerprint density at radius 2 is 1.63 bits per heavy atom. The Morgan fingerprint density at radius 1 is 1.00 bits per heavy atom. The van der Waals surface area contributed by atoms with Crippen LogP contribution < -0.4 is 15.4 Å². The van der Waals surface area contributed by atoms with Crippen LogP contribution in [0, 0.1) is 5.41 Å². The van der Waals surface area contributed by atoms with Crippen molar-refractivity contribution in [2.24, 2.45) is 5.41 Å². The van der Waals surface area contributed by atoms with Crippen LogP contribution in [0.15, 0.2) is 0 Å². The molecule has 1 aromatic heterocycles. The maximum atomic E-state index is 5.36. The number of anilines is 2. The largest absolute Gasteiger partial charge is 0.464 e. The van der Waals surface area contributed by atoms with Gasteiger partial charge in [0.2, 0.25) is 11.9 Å². The lowest BCUT2D eigenvalue weighted by Crippen LogP contribution is -2.21. The van der Waals surface area contributed by atoms with E-state index in [2.05, 4.69) is 53.3 Å². The van der Waals surface area contributed by atoms with Gasteiger partial charge in [0.25, 0.3) is 0 Å². The first-order chi connectivity index (χ1) is 8.94. The van der Waals surface area contributed by atoms with Gasteiger partial charge >= 0.3 is 6.01 Å². The van der Waals surface area contributed by atoms with Crippen molar-refractivity contribution < 1.29 is 4.74 Å². The van der Waals surface area contributed by atoms with Gasteiger partial charge < -0.3 is 15.4 Å². The average molecular weight is 267 g/mol. The molecule has 1 aromatic rings. The maximum Gasteiger partial charge on any atom is 0.323 e. The molecule has 0 spiro atoms. The Balaban J connectivity index is 2.79. The van der Waals surface area contributed by atoms with Gasteiger partial charge in [-0.2, -0.15) is 15.0 Å². The number of hydrogen-bond donors (Lipinski definition) is 2. The van der Waals surface area contributed by atoms with Crippen LogP contribution in [0.2, 0.25) is 0 Å². The molecule has 6 heteroatoms. The Hall–Kier alpha value is -1.59. The van der Waals surface area contributed by atoms with Crippen LogP contribution in [-0.2, 0) is 0 Å². The molecule has 0 atom stereocenters. The standard InChI is InChI=1S/C13H25N5O/c1-6-8-14-10-16-11(15-9-13(3,4)5)18-12(17-10)19-7-2/h6-9H2,1-5H3,(H2,14,15,16,17,18). The fraction of sp³-hybridized carbons (Fsp3) is 0.769. The number of nitrogens with zero attached hydrogens (tertiary/aromatic N) is 3. The molecule has 0 aromatic carbocycles. The van der Waals surface area contributed by atoms with E-state index in [1.54, 1.807) is 0 Å². The molecule has 0 aliphatic rings. The molecular formula is C13H25N5O. The molecule has 19 heavy (non-hydrogen) atoms. The molecule has 1 rings (SSSR count). The van der Waals surface area contributed by atoms with Crippen molar-refractivity contribution in [2.45, 2.75) is 41.0 Å². The lowest BCUT2D eigenvalue weighted by molar-refractivity contribution is 0.312. The van der Waals surface area contributed by atoms with E-state index in [-0.39, 0.29) is 5.41 Å². The van der Waals surface area contributed by atoms with Gasteiger partial charge in [0, 0.05) is 13.1 Å². The number of hydrogen-bond acceptors (Lipinski definition) is 6. The van der Waals surface area contributed by atoms with Crippen LogP contribution in [0.1, 0.15) is 41.0 Å². The predicted molar refractivity (Wildman–Crippen MR) is 77.7 cm³/mol. The smallest absolute Gasteiger partial charge is 0.323 e. The zero-order valence-electron chi connectivity index (χ0n) is 12.6. The third-order valence-electron chi connectivity index (χ3n) is 2.20. The van der Waals surface area contributed by atoms with E-state index in [4.69, 9.17) is 4.74 Å². The summed E-state index contributed by atoms with van der Waals surface area (Å²) in [5.41, 5.74) is 0.162. The highest BCUT2D eigenvalue weighted by atomic mass is 16.5. The molecule has 0 bridgehead atoms. The summed E-state index contributed by atoms with van der Waals surface area (Å²) in [6.45, 7) is 12.6. The van der Waals surface area contributed by atoms with E-state index in [1.165, 1.54) is 0 Å². The number of rotatable bonds is 7. The van der Waals surface area contributed by atoms with Crippen molar-refractivity contribution in [3.8, 4) is 6.01 Å². The van der Waals surface area contributed by atoms with Crippen LogP contribution in [0.3, 0.4) is 0 Å². The molecule has 0 fully saturated rings. The van der Waals surface area contributed by atoms with Gasteiger partial charge in [0.1, 0.15) is 0 Å².